The lowest BCUT2D eigenvalue weighted by molar-refractivity contribution is -0.150. The van der Waals surface area contributed by atoms with Crippen molar-refractivity contribution in [1.82, 2.24) is 13.5 Å². The summed E-state index contributed by atoms with van der Waals surface area (Å²) >= 11 is 12.6. The zero-order valence-corrected chi connectivity index (χ0v) is 71.1. The summed E-state index contributed by atoms with van der Waals surface area (Å²) < 4.78 is 65.9. The van der Waals surface area contributed by atoms with Gasteiger partial charge in [-0.25, -0.2) is 22.2 Å². The molecule has 0 aliphatic heterocycles. The number of rotatable bonds is 35. The van der Waals surface area contributed by atoms with Crippen molar-refractivity contribution >= 4 is 119 Å². The molecule has 0 saturated heterocycles. The average Bonchev–Trinajstić information content (AvgIpc) is 1.62. The van der Waals surface area contributed by atoms with Crippen LogP contribution in [0, 0.1) is 34.6 Å². The van der Waals surface area contributed by atoms with E-state index >= 15 is 0 Å². The van der Waals surface area contributed by atoms with Gasteiger partial charge in [0.05, 0.1) is 38.4 Å². The summed E-state index contributed by atoms with van der Waals surface area (Å²) in [5, 5.41) is 19.9. The number of Topliss-reactive ketones (excluding diaryl/α,β-unsaturated/α-hetero) is 2. The lowest BCUT2D eigenvalue weighted by atomic mass is 10.0. The van der Waals surface area contributed by atoms with Crippen LogP contribution in [0.4, 0.5) is 0 Å². The summed E-state index contributed by atoms with van der Waals surface area (Å²) in [4.78, 5) is 54.4. The maximum atomic E-state index is 13.5. The van der Waals surface area contributed by atoms with Crippen molar-refractivity contribution in [3.05, 3.63) is 261 Å². The lowest BCUT2D eigenvalue weighted by Crippen LogP contribution is -2.36. The Bertz CT molecular complexity index is 5150. The fraction of sp³-hybridized carbons (Fsp3) is 0.300. The Balaban J connectivity index is 0.000000189. The van der Waals surface area contributed by atoms with Crippen molar-refractivity contribution in [2.75, 3.05) is 51.3 Å². The molecule has 23 heteroatoms. The molecule has 3 heterocycles. The molecule has 0 radical (unpaired) electrons. The Labute approximate surface area is 686 Å². The number of carbonyl (C=O) groups is 4. The molecular formula is C90H100ClN3O14S5. The fourth-order valence-corrected chi connectivity index (χ4v) is 16.2. The molecule has 17 nitrogen and oxygen atoms in total. The number of halogens is 1. The summed E-state index contributed by atoms with van der Waals surface area (Å²) in [6.45, 7) is 26.8. The highest BCUT2D eigenvalue weighted by Crippen LogP contribution is 2.34. The molecule has 596 valence electrons. The van der Waals surface area contributed by atoms with E-state index < -0.39 is 27.7 Å². The highest BCUT2D eigenvalue weighted by Gasteiger charge is 2.28. The number of ketones is 3. The monoisotopic (exact) mass is 1640 g/mol. The van der Waals surface area contributed by atoms with Gasteiger partial charge >= 0.3 is 5.97 Å². The van der Waals surface area contributed by atoms with E-state index in [9.17, 15) is 37.8 Å². The number of aryl methyl sites for hydroxylation is 6. The van der Waals surface area contributed by atoms with Gasteiger partial charge in [-0.1, -0.05) is 66.2 Å². The third-order valence-corrected chi connectivity index (χ3v) is 23.4. The Morgan fingerprint density at radius 3 is 1.97 bits per heavy atom. The van der Waals surface area contributed by atoms with E-state index in [0.717, 1.165) is 82.8 Å². The molecule has 11 rings (SSSR count). The summed E-state index contributed by atoms with van der Waals surface area (Å²) in [6.07, 6.45) is 8.48. The molecule has 0 spiro atoms. The van der Waals surface area contributed by atoms with Crippen molar-refractivity contribution in [2.24, 2.45) is 0 Å². The van der Waals surface area contributed by atoms with Crippen LogP contribution in [0.5, 0.6) is 23.0 Å². The van der Waals surface area contributed by atoms with Crippen LogP contribution in [0.1, 0.15) is 110 Å². The number of nitrogens with zero attached hydrogens (tertiary/aromatic N) is 3. The predicted octanol–water partition coefficient (Wildman–Crippen LogP) is 21.3. The number of carboxylic acids is 1. The molecule has 3 aromatic heterocycles. The van der Waals surface area contributed by atoms with E-state index in [1.165, 1.54) is 56.6 Å². The van der Waals surface area contributed by atoms with E-state index in [1.54, 1.807) is 104 Å². The highest BCUT2D eigenvalue weighted by atomic mass is 35.5. The minimum atomic E-state index is -3.82. The largest absolute Gasteiger partial charge is 0.513 e. The maximum Gasteiger partial charge on any atom is 0.333 e. The first-order chi connectivity index (χ1) is 54.0. The van der Waals surface area contributed by atoms with Crippen molar-refractivity contribution in [2.45, 2.75) is 146 Å². The zero-order chi connectivity index (χ0) is 81.9. The zero-order valence-electron chi connectivity index (χ0n) is 66.2. The van der Waals surface area contributed by atoms with E-state index in [2.05, 4.69) is 78.7 Å². The quantitative estimate of drug-likeness (QED) is 0.0163. The van der Waals surface area contributed by atoms with E-state index in [0.29, 0.717) is 79.7 Å². The van der Waals surface area contributed by atoms with Gasteiger partial charge in [0.15, 0.2) is 29.1 Å². The van der Waals surface area contributed by atoms with Gasteiger partial charge in [0, 0.05) is 79.5 Å². The number of aliphatic carboxylic acids is 1. The van der Waals surface area contributed by atoms with E-state index in [4.69, 9.17) is 40.0 Å². The van der Waals surface area contributed by atoms with Gasteiger partial charge in [-0.15, -0.1) is 46.6 Å². The Kier molecular flexibility index (Phi) is 34.1. The molecule has 2 atom stereocenters. The summed E-state index contributed by atoms with van der Waals surface area (Å²) in [7, 11) is -3.82. The number of ether oxygens (including phenoxy) is 6. The number of aliphatic hydroxyl groups excluding tert-OH is 1. The SMILES string of the molecule is C=C(O)CCCc1cc2cc(Cl)ccc2n1S(=O)(=O)c1ccc2ncsc2c1.CCO[C@@H](Cc1ccc(OCCn2c(C)ccc2-c2ccc(SC)cc2)cc1)C(=O)O.CCO[C@H](COc1ccc(C)cc1)CSc1ccc(OCC(C)=O)c(C)c1.CSc1ccc(C(=O)/C=C/c2cc(C)c(OC(C)(C)C(C)=O)c(C)c2)cc1. The van der Waals surface area contributed by atoms with Gasteiger partial charge in [-0.05, 0) is 287 Å². The number of carboxylic acid groups (broad SMARTS) is 1. The number of aromatic nitrogens is 3. The summed E-state index contributed by atoms with van der Waals surface area (Å²) in [5.41, 5.74) is 13.0. The first-order valence-electron chi connectivity index (χ1n) is 37.0. The topological polar surface area (TPSA) is 221 Å². The number of carbonyl (C=O) groups excluding carboxylic acids is 3. The lowest BCUT2D eigenvalue weighted by Gasteiger charge is -2.26. The molecule has 8 aromatic carbocycles. The van der Waals surface area contributed by atoms with Crippen LogP contribution < -0.4 is 18.9 Å². The fourth-order valence-electron chi connectivity index (χ4n) is 11.8. The molecule has 0 bridgehead atoms. The Hall–Kier alpha value is -9.36. The summed E-state index contributed by atoms with van der Waals surface area (Å²) in [6, 6.07) is 57.9. The van der Waals surface area contributed by atoms with Gasteiger partial charge in [0.2, 0.25) is 0 Å². The Morgan fingerprint density at radius 1 is 0.708 bits per heavy atom. The summed E-state index contributed by atoms with van der Waals surface area (Å²) in [5.74, 6) is 2.99. The van der Waals surface area contributed by atoms with Gasteiger partial charge in [-0.3, -0.25) is 14.4 Å². The molecule has 113 heavy (non-hydrogen) atoms. The maximum absolute atomic E-state index is 13.5. The minimum Gasteiger partial charge on any atom is -0.513 e. The first-order valence-corrected chi connectivity index (χ1v) is 43.1. The molecule has 0 amide bonds. The van der Waals surface area contributed by atoms with Gasteiger partial charge < -0.3 is 43.2 Å². The molecule has 0 aliphatic rings. The standard InChI is InChI=1S/C25H29NO4S.C23H26O3S.C22H28O4S.C20H17ClN2O3S2/c1-4-29-24(25(27)28)17-19-6-10-21(11-7-19)30-16-15-26-18(2)5-14-23(26)20-8-12-22(31-3)13-9-20;1-15-13-18(14-16(2)22(15)26-23(4,5)17(3)24)7-12-21(25)19-8-10-20(27-6)11-9-19;1-5-24-20(14-25-19-8-6-16(2)7-9-19)15-27-21-10-11-22(17(3)12-21)26-13-18(4)23;1-13(24)3-2-4-16-10-14-9-15(21)5-8-19(14)23(16)28(25,26)17-6-7-18-20(11-17)27-12-22-18/h5-14,24H,4,15-17H2,1-3H3,(H,27,28);7-14H,1-6H3;6-12,20H,5,13-15H2,1-4H3;5-12,24H,1-4H2/b;12-7+;;/t24-;;20-;/m0.1./s1. The van der Waals surface area contributed by atoms with Crippen LogP contribution in [-0.4, -0.2) is 125 Å². The second-order valence-electron chi connectivity index (χ2n) is 27.2. The van der Waals surface area contributed by atoms with Crippen LogP contribution in [0.15, 0.2) is 225 Å². The number of fused-ring (bicyclic) bond motifs is 2. The predicted molar refractivity (Wildman–Crippen MR) is 462 cm³/mol. The van der Waals surface area contributed by atoms with Crippen LogP contribution in [0.25, 0.3) is 38.5 Å². The average molecular weight is 1640 g/mol. The molecule has 11 aromatic rings. The number of thioether (sulfide) groups is 3. The van der Waals surface area contributed by atoms with Crippen LogP contribution in [-0.2, 0) is 53.3 Å². The molecule has 0 unspecified atom stereocenters. The number of allylic oxidation sites excluding steroid dienone is 2. The highest BCUT2D eigenvalue weighted by molar-refractivity contribution is 7.99. The minimum absolute atomic E-state index is 0.00949. The van der Waals surface area contributed by atoms with E-state index in [1.807, 2.05) is 143 Å². The second kappa shape index (κ2) is 43.2. The van der Waals surface area contributed by atoms with Crippen LogP contribution >= 0.6 is 58.2 Å². The van der Waals surface area contributed by atoms with Gasteiger partial charge in [-0.2, -0.15) is 0 Å². The molecular weight excluding hydrogens is 1540 g/mol. The van der Waals surface area contributed by atoms with Crippen LogP contribution in [0.2, 0.25) is 5.02 Å². The normalized spacial score (nSPS) is 11.9. The van der Waals surface area contributed by atoms with Gasteiger partial charge in [0.25, 0.3) is 10.0 Å². The second-order valence-corrected chi connectivity index (χ2v) is 33.2. The smallest absolute Gasteiger partial charge is 0.333 e. The molecule has 0 saturated carbocycles. The number of thiazole rings is 1. The number of benzene rings is 8. The van der Waals surface area contributed by atoms with Gasteiger partial charge in [0.1, 0.15) is 48.9 Å². The number of aliphatic hydroxyl groups is 1. The van der Waals surface area contributed by atoms with E-state index in [-0.39, 0.29) is 40.7 Å². The van der Waals surface area contributed by atoms with Crippen molar-refractivity contribution in [3.63, 3.8) is 0 Å². The molecule has 2 N–H and O–H groups in total. The number of hydrogen-bond acceptors (Lipinski definition) is 18. The Morgan fingerprint density at radius 2 is 1.35 bits per heavy atom. The molecule has 0 aliphatic carbocycles. The van der Waals surface area contributed by atoms with Crippen molar-refractivity contribution < 1.29 is 66.2 Å². The molecule has 0 fully saturated rings. The first kappa shape index (κ1) is 89.2. The van der Waals surface area contributed by atoms with Crippen molar-refractivity contribution in [3.8, 4) is 34.3 Å². The third kappa shape index (κ3) is 26.6. The van der Waals surface area contributed by atoms with Crippen molar-refractivity contribution in [1.29, 1.82) is 0 Å². The van der Waals surface area contributed by atoms with Crippen LogP contribution in [0.3, 0.4) is 0 Å². The third-order valence-electron chi connectivity index (χ3n) is 18.0. The number of hydrogen-bond donors (Lipinski definition) is 2.